The smallest absolute Gasteiger partial charge is 0.165 e. The van der Waals surface area contributed by atoms with Crippen LogP contribution in [0.3, 0.4) is 0 Å². The van der Waals surface area contributed by atoms with Crippen molar-refractivity contribution in [3.05, 3.63) is 228 Å². The molecule has 9 aromatic rings. The zero-order valence-corrected chi connectivity index (χ0v) is 39.3. The van der Waals surface area contributed by atoms with E-state index in [4.69, 9.17) is 19.9 Å². The number of rotatable bonds is 16. The molecule has 0 N–H and O–H groups in total. The van der Waals surface area contributed by atoms with Crippen LogP contribution in [0.1, 0.15) is 111 Å². The third-order valence-electron chi connectivity index (χ3n) is 14.9. The number of fused-ring (bicyclic) bond motifs is 6. The molecule has 334 valence electrons. The SMILES string of the molecule is CCCCCCC1(c2ccc(-c3nc(-c4ccc(C5(CCCCCC)c6ccccc6-c6ccccc65)cc4)nc(-c4ccc(-c5ccccc5)nc4)n3)cc2)c2ccccc2-c2ccccc21. The number of pyridine rings is 1. The molecule has 7 aromatic carbocycles. The fourth-order valence-electron chi connectivity index (χ4n) is 11.6. The summed E-state index contributed by atoms with van der Waals surface area (Å²) in [5, 5.41) is 0. The van der Waals surface area contributed by atoms with E-state index in [1.54, 1.807) is 0 Å². The summed E-state index contributed by atoms with van der Waals surface area (Å²) in [6.07, 6.45) is 13.7. The van der Waals surface area contributed by atoms with Crippen LogP contribution in [-0.4, -0.2) is 19.9 Å². The van der Waals surface area contributed by atoms with Crippen molar-refractivity contribution in [1.82, 2.24) is 19.9 Å². The lowest BCUT2D eigenvalue weighted by Gasteiger charge is -2.33. The predicted molar refractivity (Wildman–Crippen MR) is 280 cm³/mol. The standard InChI is InChI=1S/C64H58N4/c1-3-5-7-20-42-63(55-28-16-12-24-51(55)52-25-13-17-29-56(52)63)49-37-32-46(33-38-49)60-66-61(68-62(67-60)48-36-41-59(65-44-48)45-22-10-9-11-23-45)47-34-39-50(40-35-47)64(43-21-8-6-4-2)57-30-18-14-26-53(57)54-27-15-19-31-58(54)64/h9-19,22-41,44H,3-8,20-21,42-43H2,1-2H3. The lowest BCUT2D eigenvalue weighted by molar-refractivity contribution is 0.516. The summed E-state index contributed by atoms with van der Waals surface area (Å²) in [6.45, 7) is 4.58. The topological polar surface area (TPSA) is 51.6 Å². The third kappa shape index (κ3) is 7.57. The van der Waals surface area contributed by atoms with Gasteiger partial charge in [-0.1, -0.05) is 241 Å². The molecule has 0 saturated heterocycles. The number of aromatic nitrogens is 4. The van der Waals surface area contributed by atoms with Crippen LogP contribution >= 0.6 is 0 Å². The minimum Gasteiger partial charge on any atom is -0.255 e. The summed E-state index contributed by atoms with van der Waals surface area (Å²) in [7, 11) is 0. The predicted octanol–water partition coefficient (Wildman–Crippen LogP) is 16.5. The third-order valence-corrected chi connectivity index (χ3v) is 14.9. The van der Waals surface area contributed by atoms with Gasteiger partial charge >= 0.3 is 0 Å². The summed E-state index contributed by atoms with van der Waals surface area (Å²) in [5.41, 5.74) is 17.8. The van der Waals surface area contributed by atoms with Crippen molar-refractivity contribution in [2.75, 3.05) is 0 Å². The quantitative estimate of drug-likeness (QED) is 0.0907. The van der Waals surface area contributed by atoms with E-state index in [9.17, 15) is 0 Å². The molecule has 4 heteroatoms. The molecule has 0 unspecified atom stereocenters. The Morgan fingerprint density at radius 3 is 1.07 bits per heavy atom. The van der Waals surface area contributed by atoms with Gasteiger partial charge in [0.15, 0.2) is 17.5 Å². The Kier molecular flexibility index (Phi) is 11.9. The molecular formula is C64H58N4. The van der Waals surface area contributed by atoms with E-state index < -0.39 is 0 Å². The van der Waals surface area contributed by atoms with Crippen LogP contribution in [0.2, 0.25) is 0 Å². The number of unbranched alkanes of at least 4 members (excludes halogenated alkanes) is 6. The highest BCUT2D eigenvalue weighted by molar-refractivity contribution is 5.85. The lowest BCUT2D eigenvalue weighted by atomic mass is 9.69. The van der Waals surface area contributed by atoms with Crippen LogP contribution in [0, 0.1) is 0 Å². The number of hydrogen-bond acceptors (Lipinski definition) is 4. The largest absolute Gasteiger partial charge is 0.255 e. The highest BCUT2D eigenvalue weighted by Gasteiger charge is 2.45. The van der Waals surface area contributed by atoms with E-state index >= 15 is 0 Å². The molecule has 2 heterocycles. The molecule has 2 aliphatic carbocycles. The maximum Gasteiger partial charge on any atom is 0.165 e. The van der Waals surface area contributed by atoms with Gasteiger partial charge in [0.1, 0.15) is 0 Å². The van der Waals surface area contributed by atoms with Gasteiger partial charge in [0.05, 0.1) is 5.69 Å². The first kappa shape index (κ1) is 43.3. The zero-order chi connectivity index (χ0) is 45.9. The van der Waals surface area contributed by atoms with Gasteiger partial charge in [-0.25, -0.2) is 15.0 Å². The Morgan fingerprint density at radius 1 is 0.324 bits per heavy atom. The van der Waals surface area contributed by atoms with Crippen molar-refractivity contribution in [2.45, 2.75) is 88.9 Å². The first-order valence-corrected chi connectivity index (χ1v) is 25.0. The van der Waals surface area contributed by atoms with Crippen LogP contribution in [-0.2, 0) is 10.8 Å². The molecule has 0 aliphatic heterocycles. The molecule has 0 spiro atoms. The van der Waals surface area contributed by atoms with E-state index in [0.29, 0.717) is 17.5 Å². The molecule has 0 amide bonds. The number of hydrogen-bond donors (Lipinski definition) is 0. The first-order valence-electron chi connectivity index (χ1n) is 25.0. The second kappa shape index (κ2) is 18.8. The second-order valence-corrected chi connectivity index (χ2v) is 18.9. The van der Waals surface area contributed by atoms with E-state index in [1.165, 1.54) is 94.2 Å². The number of benzene rings is 7. The average Bonchev–Trinajstić information content (AvgIpc) is 3.87. The highest BCUT2D eigenvalue weighted by atomic mass is 15.0. The normalized spacial score (nSPS) is 13.7. The van der Waals surface area contributed by atoms with Crippen molar-refractivity contribution in [1.29, 1.82) is 0 Å². The molecule has 0 bridgehead atoms. The van der Waals surface area contributed by atoms with Crippen molar-refractivity contribution >= 4 is 0 Å². The summed E-state index contributed by atoms with van der Waals surface area (Å²) < 4.78 is 0. The molecule has 2 aliphatic rings. The molecule has 0 saturated carbocycles. The van der Waals surface area contributed by atoms with Gasteiger partial charge in [-0.2, -0.15) is 0 Å². The van der Waals surface area contributed by atoms with Crippen LogP contribution < -0.4 is 0 Å². The second-order valence-electron chi connectivity index (χ2n) is 18.9. The Hall–Kier alpha value is -7.30. The summed E-state index contributed by atoms with van der Waals surface area (Å²) in [5.74, 6) is 1.88. The fourth-order valence-corrected chi connectivity index (χ4v) is 11.6. The van der Waals surface area contributed by atoms with E-state index in [-0.39, 0.29) is 10.8 Å². The van der Waals surface area contributed by atoms with Crippen LogP contribution in [0.4, 0.5) is 0 Å². The van der Waals surface area contributed by atoms with E-state index in [2.05, 4.69) is 184 Å². The first-order chi connectivity index (χ1) is 33.6. The molecule has 4 nitrogen and oxygen atoms in total. The van der Waals surface area contributed by atoms with Gasteiger partial charge in [0.2, 0.25) is 0 Å². The lowest BCUT2D eigenvalue weighted by Crippen LogP contribution is -2.27. The average molecular weight is 883 g/mol. The van der Waals surface area contributed by atoms with Crippen molar-refractivity contribution < 1.29 is 0 Å². The zero-order valence-electron chi connectivity index (χ0n) is 39.3. The molecule has 2 aromatic heterocycles. The van der Waals surface area contributed by atoms with Crippen molar-refractivity contribution in [3.63, 3.8) is 0 Å². The molecule has 68 heavy (non-hydrogen) atoms. The van der Waals surface area contributed by atoms with Gasteiger partial charge in [-0.05, 0) is 80.6 Å². The van der Waals surface area contributed by atoms with Crippen LogP contribution in [0.25, 0.3) is 67.7 Å². The van der Waals surface area contributed by atoms with E-state index in [1.807, 2.05) is 24.4 Å². The fraction of sp³-hybridized carbons (Fsp3) is 0.219. The van der Waals surface area contributed by atoms with Crippen molar-refractivity contribution in [2.24, 2.45) is 0 Å². The van der Waals surface area contributed by atoms with Gasteiger partial charge in [-0.15, -0.1) is 0 Å². The highest BCUT2D eigenvalue weighted by Crippen LogP contribution is 2.56. The molecule has 0 radical (unpaired) electrons. The molecule has 0 atom stereocenters. The number of nitrogens with zero attached hydrogens (tertiary/aromatic N) is 4. The van der Waals surface area contributed by atoms with Gasteiger partial charge < -0.3 is 0 Å². The van der Waals surface area contributed by atoms with Crippen LogP contribution in [0.5, 0.6) is 0 Å². The Morgan fingerprint density at radius 2 is 0.691 bits per heavy atom. The van der Waals surface area contributed by atoms with Gasteiger partial charge in [0.25, 0.3) is 0 Å². The van der Waals surface area contributed by atoms with Crippen molar-refractivity contribution in [3.8, 4) is 67.7 Å². The Bertz CT molecular complexity index is 2930. The monoisotopic (exact) mass is 882 g/mol. The molecule has 11 rings (SSSR count). The Labute approximate surface area is 402 Å². The molecular weight excluding hydrogens is 825 g/mol. The maximum absolute atomic E-state index is 5.29. The minimum absolute atomic E-state index is 0.240. The van der Waals surface area contributed by atoms with Crippen LogP contribution in [0.15, 0.2) is 194 Å². The van der Waals surface area contributed by atoms with Gasteiger partial charge in [-0.3, -0.25) is 4.98 Å². The Balaban J connectivity index is 1.01. The summed E-state index contributed by atoms with van der Waals surface area (Å²) in [6, 6.07) is 68.9. The van der Waals surface area contributed by atoms with E-state index in [0.717, 1.165) is 53.6 Å². The molecule has 0 fully saturated rings. The summed E-state index contributed by atoms with van der Waals surface area (Å²) >= 11 is 0. The summed E-state index contributed by atoms with van der Waals surface area (Å²) in [4.78, 5) is 20.6. The minimum atomic E-state index is -0.240. The van der Waals surface area contributed by atoms with Gasteiger partial charge in [0, 0.05) is 39.3 Å². The maximum atomic E-state index is 5.29.